The lowest BCUT2D eigenvalue weighted by Gasteiger charge is -2.22. The average Bonchev–Trinajstić information content (AvgIpc) is 3.34. The number of benzene rings is 3. The van der Waals surface area contributed by atoms with Crippen LogP contribution < -0.4 is 14.5 Å². The van der Waals surface area contributed by atoms with Crippen LogP contribution in [0.25, 0.3) is 5.57 Å². The zero-order valence-corrected chi connectivity index (χ0v) is 19.1. The predicted molar refractivity (Wildman–Crippen MR) is 130 cm³/mol. The fourth-order valence-electron chi connectivity index (χ4n) is 4.59. The zero-order valence-electron chi connectivity index (χ0n) is 19.1. The molecule has 0 fully saturated rings. The molecule has 0 saturated carbocycles. The summed E-state index contributed by atoms with van der Waals surface area (Å²) < 4.78 is 5.53. The summed E-state index contributed by atoms with van der Waals surface area (Å²) in [4.78, 5) is 30.9. The maximum atomic E-state index is 13.8. The molecule has 2 aliphatic rings. The normalized spacial score (nSPS) is 15.5. The van der Waals surface area contributed by atoms with Crippen LogP contribution in [0.3, 0.4) is 0 Å². The molecule has 5 rings (SSSR count). The van der Waals surface area contributed by atoms with Crippen molar-refractivity contribution in [2.75, 3.05) is 23.0 Å². The first-order valence-corrected chi connectivity index (χ1v) is 11.3. The number of aryl methyl sites for hydroxylation is 2. The molecule has 33 heavy (non-hydrogen) atoms. The lowest BCUT2D eigenvalue weighted by Crippen LogP contribution is -2.34. The Hall–Kier alpha value is -3.86. The number of hydrogen-bond acceptors (Lipinski definition) is 4. The number of fused-ring (bicyclic) bond motifs is 1. The Morgan fingerprint density at radius 3 is 2.36 bits per heavy atom. The van der Waals surface area contributed by atoms with Gasteiger partial charge in [0.1, 0.15) is 11.4 Å². The van der Waals surface area contributed by atoms with Crippen molar-refractivity contribution in [3.8, 4) is 5.75 Å². The van der Waals surface area contributed by atoms with Gasteiger partial charge in [-0.25, -0.2) is 4.90 Å². The number of anilines is 2. The van der Waals surface area contributed by atoms with Crippen molar-refractivity contribution < 1.29 is 14.3 Å². The molecule has 5 heteroatoms. The number of ether oxygens (including phenoxy) is 1. The van der Waals surface area contributed by atoms with E-state index in [2.05, 4.69) is 6.07 Å². The van der Waals surface area contributed by atoms with E-state index in [0.29, 0.717) is 35.9 Å². The van der Waals surface area contributed by atoms with Gasteiger partial charge in [-0.15, -0.1) is 0 Å². The molecule has 0 bridgehead atoms. The fraction of sp³-hybridized carbons (Fsp3) is 0.214. The molecule has 3 aromatic carbocycles. The van der Waals surface area contributed by atoms with Crippen LogP contribution in [-0.4, -0.2) is 25.0 Å². The highest BCUT2D eigenvalue weighted by Crippen LogP contribution is 2.40. The summed E-state index contributed by atoms with van der Waals surface area (Å²) in [5.74, 6) is 0.109. The van der Waals surface area contributed by atoms with E-state index in [1.165, 1.54) is 10.5 Å². The number of imide groups is 1. The largest absolute Gasteiger partial charge is 0.494 e. The van der Waals surface area contributed by atoms with Gasteiger partial charge in [0.15, 0.2) is 0 Å². The molecule has 2 amide bonds. The van der Waals surface area contributed by atoms with Crippen molar-refractivity contribution in [2.45, 2.75) is 27.2 Å². The van der Waals surface area contributed by atoms with Gasteiger partial charge < -0.3 is 9.64 Å². The third-order valence-corrected chi connectivity index (χ3v) is 6.42. The van der Waals surface area contributed by atoms with E-state index in [4.69, 9.17) is 4.74 Å². The lowest BCUT2D eigenvalue weighted by atomic mass is 9.99. The standard InChI is InChI=1S/C28H26N2O3/c1-4-33-23-13-11-22(12-14-23)30-27(31)25(21-10-9-18(2)19(3)17-21)26(28(30)32)29-16-15-20-7-5-6-8-24(20)29/h5-14,17H,4,15-16H2,1-3H3. The number of para-hydroxylation sites is 1. The van der Waals surface area contributed by atoms with Gasteiger partial charge in [-0.3, -0.25) is 9.59 Å². The van der Waals surface area contributed by atoms with E-state index in [1.807, 2.05) is 62.1 Å². The number of hydrogen-bond donors (Lipinski definition) is 0. The summed E-state index contributed by atoms with van der Waals surface area (Å²) in [6, 6.07) is 21.1. The maximum absolute atomic E-state index is 13.8. The summed E-state index contributed by atoms with van der Waals surface area (Å²) in [5, 5.41) is 0. The van der Waals surface area contributed by atoms with Crippen LogP contribution >= 0.6 is 0 Å². The SMILES string of the molecule is CCOc1ccc(N2C(=O)C(c3ccc(C)c(C)c3)=C(N3CCc4ccccc43)C2=O)cc1. The highest BCUT2D eigenvalue weighted by atomic mass is 16.5. The van der Waals surface area contributed by atoms with E-state index in [1.54, 1.807) is 24.3 Å². The zero-order chi connectivity index (χ0) is 23.1. The van der Waals surface area contributed by atoms with Gasteiger partial charge >= 0.3 is 0 Å². The van der Waals surface area contributed by atoms with Gasteiger partial charge in [0.05, 0.1) is 17.9 Å². The molecule has 3 aromatic rings. The number of amides is 2. The first kappa shape index (κ1) is 21.0. The molecule has 0 atom stereocenters. The monoisotopic (exact) mass is 438 g/mol. The highest BCUT2D eigenvalue weighted by molar-refractivity contribution is 6.46. The molecule has 0 radical (unpaired) electrons. The summed E-state index contributed by atoms with van der Waals surface area (Å²) in [6.45, 7) is 7.20. The highest BCUT2D eigenvalue weighted by Gasteiger charge is 2.44. The molecule has 2 heterocycles. The van der Waals surface area contributed by atoms with Crippen molar-refractivity contribution in [1.82, 2.24) is 0 Å². The van der Waals surface area contributed by atoms with Crippen LogP contribution in [0.4, 0.5) is 11.4 Å². The minimum absolute atomic E-state index is 0.297. The molecule has 0 N–H and O–H groups in total. The summed E-state index contributed by atoms with van der Waals surface area (Å²) in [5.41, 5.74) is 6.61. The van der Waals surface area contributed by atoms with Gasteiger partial charge in [-0.05, 0) is 79.8 Å². The molecule has 0 spiro atoms. The quantitative estimate of drug-likeness (QED) is 0.523. The Labute approximate surface area is 193 Å². The van der Waals surface area contributed by atoms with Gasteiger partial charge in [0.25, 0.3) is 11.8 Å². The van der Waals surface area contributed by atoms with Crippen LogP contribution in [0, 0.1) is 13.8 Å². The van der Waals surface area contributed by atoms with Crippen LogP contribution in [0.5, 0.6) is 5.75 Å². The smallest absolute Gasteiger partial charge is 0.282 e. The topological polar surface area (TPSA) is 49.9 Å². The van der Waals surface area contributed by atoms with Crippen molar-refractivity contribution in [3.05, 3.63) is 94.7 Å². The van der Waals surface area contributed by atoms with Crippen LogP contribution in [0.2, 0.25) is 0 Å². The molecule has 0 aromatic heterocycles. The molecular weight excluding hydrogens is 412 g/mol. The second-order valence-electron chi connectivity index (χ2n) is 8.43. The van der Waals surface area contributed by atoms with E-state index >= 15 is 0 Å². The van der Waals surface area contributed by atoms with Gasteiger partial charge in [0.2, 0.25) is 0 Å². The van der Waals surface area contributed by atoms with Gasteiger partial charge in [0, 0.05) is 12.2 Å². The molecule has 0 unspecified atom stereocenters. The number of carbonyl (C=O) groups excluding carboxylic acids is 2. The number of rotatable bonds is 5. The molecule has 166 valence electrons. The molecular formula is C28H26N2O3. The number of carbonyl (C=O) groups is 2. The van der Waals surface area contributed by atoms with Gasteiger partial charge in [-0.1, -0.05) is 36.4 Å². The second kappa shape index (κ2) is 8.24. The first-order chi connectivity index (χ1) is 16.0. The summed E-state index contributed by atoms with van der Waals surface area (Å²) in [7, 11) is 0. The fourth-order valence-corrected chi connectivity index (χ4v) is 4.59. The molecule has 0 saturated heterocycles. The van der Waals surface area contributed by atoms with E-state index in [-0.39, 0.29) is 11.8 Å². The van der Waals surface area contributed by atoms with Crippen molar-refractivity contribution in [3.63, 3.8) is 0 Å². The Morgan fingerprint density at radius 1 is 0.879 bits per heavy atom. The van der Waals surface area contributed by atoms with Crippen LogP contribution in [0.15, 0.2) is 72.4 Å². The lowest BCUT2D eigenvalue weighted by molar-refractivity contribution is -0.120. The molecule has 0 aliphatic carbocycles. The Balaban J connectivity index is 1.64. The first-order valence-electron chi connectivity index (χ1n) is 11.3. The third kappa shape index (κ3) is 3.50. The van der Waals surface area contributed by atoms with Gasteiger partial charge in [-0.2, -0.15) is 0 Å². The Morgan fingerprint density at radius 2 is 1.64 bits per heavy atom. The van der Waals surface area contributed by atoms with E-state index in [9.17, 15) is 9.59 Å². The molecule has 2 aliphatic heterocycles. The van der Waals surface area contributed by atoms with Crippen molar-refractivity contribution in [1.29, 1.82) is 0 Å². The summed E-state index contributed by atoms with van der Waals surface area (Å²) >= 11 is 0. The summed E-state index contributed by atoms with van der Waals surface area (Å²) in [6.07, 6.45) is 0.838. The van der Waals surface area contributed by atoms with Crippen molar-refractivity contribution in [2.24, 2.45) is 0 Å². The Bertz CT molecular complexity index is 1290. The second-order valence-corrected chi connectivity index (χ2v) is 8.43. The van der Waals surface area contributed by atoms with E-state index < -0.39 is 0 Å². The van der Waals surface area contributed by atoms with Crippen molar-refractivity contribution >= 4 is 28.8 Å². The maximum Gasteiger partial charge on any atom is 0.282 e. The molecule has 5 nitrogen and oxygen atoms in total. The minimum Gasteiger partial charge on any atom is -0.494 e. The minimum atomic E-state index is -0.299. The van der Waals surface area contributed by atoms with Crippen LogP contribution in [-0.2, 0) is 16.0 Å². The average molecular weight is 439 g/mol. The predicted octanol–water partition coefficient (Wildman–Crippen LogP) is 5.05. The third-order valence-electron chi connectivity index (χ3n) is 6.42. The van der Waals surface area contributed by atoms with E-state index in [0.717, 1.165) is 28.8 Å². The Kier molecular flexibility index (Phi) is 5.25. The number of nitrogens with zero attached hydrogens (tertiary/aromatic N) is 2. The van der Waals surface area contributed by atoms with Crippen LogP contribution in [0.1, 0.15) is 29.2 Å².